The van der Waals surface area contributed by atoms with Crippen LogP contribution in [0.2, 0.25) is 0 Å². The van der Waals surface area contributed by atoms with Gasteiger partial charge in [0.05, 0.1) is 18.3 Å². The van der Waals surface area contributed by atoms with E-state index < -0.39 is 0 Å². The van der Waals surface area contributed by atoms with Crippen LogP contribution in [0.1, 0.15) is 15.9 Å². The highest BCUT2D eigenvalue weighted by molar-refractivity contribution is 7.00. The second-order valence-electron chi connectivity index (χ2n) is 4.46. The molecule has 0 saturated heterocycles. The minimum absolute atomic E-state index is 0.212. The van der Waals surface area contributed by atoms with E-state index in [2.05, 4.69) is 25.9 Å². The molecule has 0 fully saturated rings. The Kier molecular flexibility index (Phi) is 4.08. The Morgan fingerprint density at radius 3 is 2.73 bits per heavy atom. The van der Waals surface area contributed by atoms with Crippen molar-refractivity contribution in [2.75, 3.05) is 6.54 Å². The van der Waals surface area contributed by atoms with Crippen molar-refractivity contribution >= 4 is 28.7 Å². The minimum Gasteiger partial charge on any atom is -0.341 e. The molecule has 2 aromatic carbocycles. The molecule has 0 aliphatic carbocycles. The van der Waals surface area contributed by atoms with Crippen molar-refractivity contribution in [3.05, 3.63) is 59.4 Å². The molecule has 0 atom stereocenters. The number of carbonyl (C=O) groups excluding carboxylic acids is 1. The van der Waals surface area contributed by atoms with Gasteiger partial charge in [0.15, 0.2) is 0 Å². The van der Waals surface area contributed by atoms with Gasteiger partial charge in [-0.2, -0.15) is 8.75 Å². The lowest BCUT2D eigenvalue weighted by atomic mass is 10.2. The van der Waals surface area contributed by atoms with Crippen LogP contribution in [0.3, 0.4) is 0 Å². The first-order valence-electron chi connectivity index (χ1n) is 6.47. The molecule has 0 saturated carbocycles. The number of amides is 1. The number of nitrogens with one attached hydrogen (secondary N) is 1. The van der Waals surface area contributed by atoms with Gasteiger partial charge < -0.3 is 5.32 Å². The summed E-state index contributed by atoms with van der Waals surface area (Å²) in [6, 6.07) is 11.0. The Bertz CT molecular complexity index is 878. The van der Waals surface area contributed by atoms with Gasteiger partial charge in [0.25, 0.3) is 5.91 Å². The molecule has 1 aromatic heterocycles. The molecule has 108 valence electrons. The lowest BCUT2D eigenvalue weighted by Crippen LogP contribution is -2.23. The molecule has 0 aliphatic heterocycles. The standard InChI is InChI=1S/C16H10FN3OS/c17-13-6-3-11(4-7-13)2-1-9-18-16(21)12-5-8-14-15(10-12)20-22-19-14/h3-8,10H,9H2,(H,18,21). The van der Waals surface area contributed by atoms with Crippen LogP contribution in [-0.4, -0.2) is 21.2 Å². The number of aromatic nitrogens is 2. The second kappa shape index (κ2) is 6.33. The summed E-state index contributed by atoms with van der Waals surface area (Å²) in [6.07, 6.45) is 0. The average molecular weight is 311 g/mol. The number of carbonyl (C=O) groups is 1. The van der Waals surface area contributed by atoms with Crippen LogP contribution >= 0.6 is 11.7 Å². The lowest BCUT2D eigenvalue weighted by molar-refractivity contribution is 0.0959. The molecule has 0 radical (unpaired) electrons. The zero-order valence-electron chi connectivity index (χ0n) is 11.3. The molecule has 1 heterocycles. The van der Waals surface area contributed by atoms with E-state index in [4.69, 9.17) is 0 Å². The highest BCUT2D eigenvalue weighted by Gasteiger charge is 2.06. The van der Waals surface area contributed by atoms with E-state index in [0.717, 1.165) is 17.2 Å². The van der Waals surface area contributed by atoms with Crippen LogP contribution in [0.5, 0.6) is 0 Å². The first kappa shape index (κ1) is 14.2. The van der Waals surface area contributed by atoms with E-state index >= 15 is 0 Å². The van der Waals surface area contributed by atoms with Crippen LogP contribution in [0.25, 0.3) is 11.0 Å². The maximum Gasteiger partial charge on any atom is 0.252 e. The van der Waals surface area contributed by atoms with Crippen molar-refractivity contribution in [3.63, 3.8) is 0 Å². The van der Waals surface area contributed by atoms with Crippen molar-refractivity contribution < 1.29 is 9.18 Å². The van der Waals surface area contributed by atoms with Crippen LogP contribution < -0.4 is 5.32 Å². The minimum atomic E-state index is -0.300. The summed E-state index contributed by atoms with van der Waals surface area (Å²) in [6.45, 7) is 0.212. The Balaban J connectivity index is 1.61. The maximum absolute atomic E-state index is 12.7. The van der Waals surface area contributed by atoms with Crippen LogP contribution in [0.4, 0.5) is 4.39 Å². The summed E-state index contributed by atoms with van der Waals surface area (Å²) in [5.74, 6) is 5.16. The largest absolute Gasteiger partial charge is 0.341 e. The number of nitrogens with zero attached hydrogens (tertiary/aromatic N) is 2. The topological polar surface area (TPSA) is 54.9 Å². The van der Waals surface area contributed by atoms with Crippen molar-refractivity contribution in [2.24, 2.45) is 0 Å². The van der Waals surface area contributed by atoms with E-state index in [0.29, 0.717) is 16.6 Å². The van der Waals surface area contributed by atoms with E-state index in [1.165, 1.54) is 12.1 Å². The molecule has 22 heavy (non-hydrogen) atoms. The molecule has 3 aromatic rings. The smallest absolute Gasteiger partial charge is 0.252 e. The number of hydrogen-bond acceptors (Lipinski definition) is 4. The molecule has 1 amide bonds. The van der Waals surface area contributed by atoms with Crippen molar-refractivity contribution in [1.82, 2.24) is 14.1 Å². The van der Waals surface area contributed by atoms with Crippen molar-refractivity contribution in [1.29, 1.82) is 0 Å². The number of fused-ring (bicyclic) bond motifs is 1. The lowest BCUT2D eigenvalue weighted by Gasteiger charge is -2.00. The predicted octanol–water partition coefficient (Wildman–Crippen LogP) is 2.61. The first-order chi connectivity index (χ1) is 10.7. The molecule has 1 N–H and O–H groups in total. The van der Waals surface area contributed by atoms with Crippen LogP contribution in [-0.2, 0) is 0 Å². The number of benzene rings is 2. The summed E-state index contributed by atoms with van der Waals surface area (Å²) in [5, 5.41) is 2.71. The summed E-state index contributed by atoms with van der Waals surface area (Å²) in [7, 11) is 0. The van der Waals surface area contributed by atoms with Gasteiger partial charge in [-0.05, 0) is 42.5 Å². The molecule has 0 unspecified atom stereocenters. The highest BCUT2D eigenvalue weighted by atomic mass is 32.1. The van der Waals surface area contributed by atoms with Gasteiger partial charge in [-0.3, -0.25) is 4.79 Å². The Labute approximate surface area is 130 Å². The fourth-order valence-electron chi connectivity index (χ4n) is 1.83. The molecular formula is C16H10FN3OS. The Morgan fingerprint density at radius 2 is 1.91 bits per heavy atom. The Morgan fingerprint density at radius 1 is 1.14 bits per heavy atom. The van der Waals surface area contributed by atoms with Gasteiger partial charge in [-0.15, -0.1) is 0 Å². The monoisotopic (exact) mass is 311 g/mol. The summed E-state index contributed by atoms with van der Waals surface area (Å²) >= 11 is 1.11. The van der Waals surface area contributed by atoms with Crippen molar-refractivity contribution in [3.8, 4) is 11.8 Å². The highest BCUT2D eigenvalue weighted by Crippen LogP contribution is 2.13. The summed E-state index contributed by atoms with van der Waals surface area (Å²) in [4.78, 5) is 12.0. The van der Waals surface area contributed by atoms with Crippen molar-refractivity contribution in [2.45, 2.75) is 0 Å². The molecule has 0 bridgehead atoms. The molecule has 4 nitrogen and oxygen atoms in total. The van der Waals surface area contributed by atoms with Crippen LogP contribution in [0, 0.1) is 17.7 Å². The van der Waals surface area contributed by atoms with Gasteiger partial charge in [-0.25, -0.2) is 4.39 Å². The van der Waals surface area contributed by atoms with E-state index in [-0.39, 0.29) is 18.3 Å². The van der Waals surface area contributed by atoms with Gasteiger partial charge in [0.2, 0.25) is 0 Å². The molecule has 0 aliphatic rings. The summed E-state index contributed by atoms with van der Waals surface area (Å²) < 4.78 is 20.9. The number of hydrogen-bond donors (Lipinski definition) is 1. The van der Waals surface area contributed by atoms with Gasteiger partial charge in [0.1, 0.15) is 16.9 Å². The van der Waals surface area contributed by atoms with E-state index in [1.807, 2.05) is 0 Å². The summed E-state index contributed by atoms with van der Waals surface area (Å²) in [5.41, 5.74) is 2.70. The first-order valence-corrected chi connectivity index (χ1v) is 7.20. The zero-order chi connectivity index (χ0) is 15.4. The van der Waals surface area contributed by atoms with Gasteiger partial charge in [-0.1, -0.05) is 11.8 Å². The molecule has 6 heteroatoms. The van der Waals surface area contributed by atoms with Gasteiger partial charge in [0, 0.05) is 11.1 Å². The number of rotatable bonds is 2. The fraction of sp³-hybridized carbons (Fsp3) is 0.0625. The zero-order valence-corrected chi connectivity index (χ0v) is 12.2. The normalized spacial score (nSPS) is 10.0. The third kappa shape index (κ3) is 3.27. The Hall–Kier alpha value is -2.78. The molecule has 0 spiro atoms. The van der Waals surface area contributed by atoms with E-state index in [1.54, 1.807) is 30.3 Å². The predicted molar refractivity (Wildman–Crippen MR) is 83.0 cm³/mol. The molecule has 3 rings (SSSR count). The maximum atomic E-state index is 12.7. The number of halogens is 1. The third-order valence-corrected chi connectivity index (χ3v) is 3.49. The van der Waals surface area contributed by atoms with E-state index in [9.17, 15) is 9.18 Å². The van der Waals surface area contributed by atoms with Gasteiger partial charge >= 0.3 is 0 Å². The second-order valence-corrected chi connectivity index (χ2v) is 4.99. The van der Waals surface area contributed by atoms with Crippen LogP contribution in [0.15, 0.2) is 42.5 Å². The SMILES string of the molecule is O=C(NCC#Cc1ccc(F)cc1)c1ccc2nsnc2c1. The third-order valence-electron chi connectivity index (χ3n) is 2.93. The quantitative estimate of drug-likeness (QED) is 0.740. The fourth-order valence-corrected chi connectivity index (χ4v) is 2.35. The molecular weight excluding hydrogens is 301 g/mol. The average Bonchev–Trinajstić information content (AvgIpc) is 3.00.